The van der Waals surface area contributed by atoms with Gasteiger partial charge < -0.3 is 19.5 Å². The first kappa shape index (κ1) is 31.4. The molecule has 2 heterocycles. The Hall–Kier alpha value is -3.10. The van der Waals surface area contributed by atoms with Crippen LogP contribution < -0.4 is 10.6 Å². The zero-order valence-electron chi connectivity index (χ0n) is 24.5. The fourth-order valence-electron chi connectivity index (χ4n) is 4.85. The van der Waals surface area contributed by atoms with Crippen molar-refractivity contribution in [1.29, 1.82) is 0 Å². The quantitative estimate of drug-likeness (QED) is 0.148. The van der Waals surface area contributed by atoms with E-state index in [1.54, 1.807) is 12.5 Å². The molecular formula is C32H48N4O4. The van der Waals surface area contributed by atoms with Crippen LogP contribution in [0.3, 0.4) is 0 Å². The monoisotopic (exact) mass is 552 g/mol. The molecule has 2 N–H and O–H groups in total. The first-order valence-electron chi connectivity index (χ1n) is 15.1. The zero-order chi connectivity index (χ0) is 28.4. The molecule has 1 aliphatic rings. The predicted octanol–water partition coefficient (Wildman–Crippen LogP) is 5.44. The van der Waals surface area contributed by atoms with Crippen LogP contribution >= 0.6 is 0 Å². The zero-order valence-corrected chi connectivity index (χ0v) is 24.5. The number of allylic oxidation sites excluding steroid dienone is 2. The molecule has 2 aromatic heterocycles. The van der Waals surface area contributed by atoms with Gasteiger partial charge in [0, 0.05) is 25.2 Å². The van der Waals surface area contributed by atoms with Crippen molar-refractivity contribution in [3.63, 3.8) is 0 Å². The maximum Gasteiger partial charge on any atom is 0.203 e. The number of furan rings is 2. The molecule has 0 aromatic carbocycles. The fourth-order valence-corrected chi connectivity index (χ4v) is 4.85. The number of ketones is 2. The van der Waals surface area contributed by atoms with Gasteiger partial charge >= 0.3 is 0 Å². The lowest BCUT2D eigenvalue weighted by Gasteiger charge is -2.19. The maximum absolute atomic E-state index is 12.5. The summed E-state index contributed by atoms with van der Waals surface area (Å²) in [5.74, 6) is 1.75. The highest BCUT2D eigenvalue weighted by Crippen LogP contribution is 2.11. The van der Waals surface area contributed by atoms with Gasteiger partial charge in [-0.25, -0.2) is 0 Å². The highest BCUT2D eigenvalue weighted by atomic mass is 16.3. The Labute approximate surface area is 239 Å². The van der Waals surface area contributed by atoms with Gasteiger partial charge in [-0.05, 0) is 76.1 Å². The summed E-state index contributed by atoms with van der Waals surface area (Å²) in [5.41, 5.74) is 0.808. The Morgan fingerprint density at radius 2 is 1.05 bits per heavy atom. The number of carbonyl (C=O) groups excluding carboxylic acids is 2. The molecule has 0 atom stereocenters. The van der Waals surface area contributed by atoms with Crippen molar-refractivity contribution in [2.45, 2.75) is 78.3 Å². The molecule has 0 saturated carbocycles. The van der Waals surface area contributed by atoms with Crippen LogP contribution in [0, 0.1) is 0 Å². The van der Waals surface area contributed by atoms with E-state index in [-0.39, 0.29) is 11.6 Å². The summed E-state index contributed by atoms with van der Waals surface area (Å²) in [6, 6.07) is 7.89. The molecule has 40 heavy (non-hydrogen) atoms. The first-order chi connectivity index (χ1) is 19.6. The lowest BCUT2D eigenvalue weighted by molar-refractivity contribution is -0.115. The van der Waals surface area contributed by atoms with Crippen molar-refractivity contribution in [1.82, 2.24) is 20.4 Å². The average Bonchev–Trinajstić information content (AvgIpc) is 3.67. The molecule has 0 saturated heterocycles. The summed E-state index contributed by atoms with van der Waals surface area (Å²) < 4.78 is 10.9. The third-order valence-electron chi connectivity index (χ3n) is 7.33. The van der Waals surface area contributed by atoms with Crippen LogP contribution in [0.2, 0.25) is 0 Å². The molecule has 220 valence electrons. The van der Waals surface area contributed by atoms with Crippen LogP contribution in [0.4, 0.5) is 0 Å². The molecule has 0 radical (unpaired) electrons. The number of unbranched alkanes of at least 4 members (excludes halogenated alkanes) is 6. The first-order valence-corrected chi connectivity index (χ1v) is 15.1. The minimum absolute atomic E-state index is 0.130. The normalized spacial score (nSPS) is 13.7. The van der Waals surface area contributed by atoms with Crippen molar-refractivity contribution in [2.75, 3.05) is 39.3 Å². The Bertz CT molecular complexity index is 959. The highest BCUT2D eigenvalue weighted by molar-refractivity contribution is 6.19. The van der Waals surface area contributed by atoms with Crippen LogP contribution in [-0.2, 0) is 22.7 Å². The number of nitrogens with one attached hydrogen (secondary N) is 2. The summed E-state index contributed by atoms with van der Waals surface area (Å²) in [5, 5.41) is 6.33. The SMILES string of the molecule is CCN(CCCCCCNC1=CC(=O)C(NCCCCCCN(CC)Cc2ccco2)=CC1=O)Cc1ccco1. The van der Waals surface area contributed by atoms with Crippen molar-refractivity contribution < 1.29 is 18.4 Å². The van der Waals surface area contributed by atoms with Crippen LogP contribution in [0.5, 0.6) is 0 Å². The Morgan fingerprint density at radius 3 is 1.43 bits per heavy atom. The van der Waals surface area contributed by atoms with E-state index < -0.39 is 0 Å². The number of hydrogen-bond acceptors (Lipinski definition) is 8. The van der Waals surface area contributed by atoms with Crippen molar-refractivity contribution in [2.24, 2.45) is 0 Å². The number of hydrogen-bond donors (Lipinski definition) is 2. The van der Waals surface area contributed by atoms with Crippen molar-refractivity contribution in [3.8, 4) is 0 Å². The average molecular weight is 553 g/mol. The Kier molecular flexibility index (Phi) is 14.4. The van der Waals surface area contributed by atoms with E-state index in [9.17, 15) is 9.59 Å². The Balaban J connectivity index is 1.20. The summed E-state index contributed by atoms with van der Waals surface area (Å²) >= 11 is 0. The molecule has 0 amide bonds. The molecule has 1 aliphatic carbocycles. The second-order valence-corrected chi connectivity index (χ2v) is 10.4. The van der Waals surface area contributed by atoms with Crippen LogP contribution in [-0.4, -0.2) is 60.6 Å². The standard InChI is InChI=1S/C32H48N4O4/c1-3-35(25-27-15-13-21-39-27)19-11-7-5-9-17-33-29-23-32(38)30(24-31(29)37)34-18-10-6-8-12-20-36(4-2)26-28-16-14-22-40-28/h13-16,21-24,33-34H,3-12,17-20,25-26H2,1-2H3. The topological polar surface area (TPSA) is 91.0 Å². The van der Waals surface area contributed by atoms with E-state index >= 15 is 0 Å². The second kappa shape index (κ2) is 18.3. The minimum atomic E-state index is -0.130. The molecule has 0 bridgehead atoms. The smallest absolute Gasteiger partial charge is 0.203 e. The number of carbonyl (C=O) groups is 2. The van der Waals surface area contributed by atoms with E-state index in [0.717, 1.165) is 102 Å². The summed E-state index contributed by atoms with van der Waals surface area (Å²) in [4.78, 5) is 29.8. The van der Waals surface area contributed by atoms with E-state index in [1.807, 2.05) is 24.3 Å². The Morgan fingerprint density at radius 1 is 0.625 bits per heavy atom. The van der Waals surface area contributed by atoms with Crippen molar-refractivity contribution >= 4 is 11.6 Å². The molecule has 8 nitrogen and oxygen atoms in total. The predicted molar refractivity (Wildman–Crippen MR) is 158 cm³/mol. The van der Waals surface area contributed by atoms with E-state index in [0.29, 0.717) is 24.5 Å². The third kappa shape index (κ3) is 11.6. The number of rotatable bonds is 22. The van der Waals surface area contributed by atoms with Gasteiger partial charge in [0.1, 0.15) is 11.5 Å². The van der Waals surface area contributed by atoms with Gasteiger partial charge in [0.25, 0.3) is 0 Å². The molecule has 0 aliphatic heterocycles. The fraction of sp³-hybridized carbons (Fsp3) is 0.562. The largest absolute Gasteiger partial charge is 0.468 e. The van der Waals surface area contributed by atoms with E-state index in [4.69, 9.17) is 8.83 Å². The second-order valence-electron chi connectivity index (χ2n) is 10.4. The van der Waals surface area contributed by atoms with Gasteiger partial charge in [0.15, 0.2) is 0 Å². The molecule has 0 fully saturated rings. The van der Waals surface area contributed by atoms with Gasteiger partial charge in [-0.3, -0.25) is 19.4 Å². The maximum atomic E-state index is 12.5. The molecule has 3 rings (SSSR count). The van der Waals surface area contributed by atoms with Crippen LogP contribution in [0.15, 0.2) is 69.2 Å². The molecule has 0 unspecified atom stereocenters. The van der Waals surface area contributed by atoms with Crippen molar-refractivity contribution in [3.05, 3.63) is 71.9 Å². The van der Waals surface area contributed by atoms with Gasteiger partial charge in [-0.2, -0.15) is 0 Å². The third-order valence-corrected chi connectivity index (χ3v) is 7.33. The molecule has 0 spiro atoms. The minimum Gasteiger partial charge on any atom is -0.468 e. The molecular weight excluding hydrogens is 504 g/mol. The molecule has 8 heteroatoms. The number of nitrogens with zero attached hydrogens (tertiary/aromatic N) is 2. The van der Waals surface area contributed by atoms with Gasteiger partial charge in [0.05, 0.1) is 37.0 Å². The molecule has 2 aromatic rings. The van der Waals surface area contributed by atoms with Gasteiger partial charge in [-0.15, -0.1) is 0 Å². The summed E-state index contributed by atoms with van der Waals surface area (Å²) in [6.07, 6.45) is 15.0. The van der Waals surface area contributed by atoms with Gasteiger partial charge in [0.2, 0.25) is 11.6 Å². The highest BCUT2D eigenvalue weighted by Gasteiger charge is 2.19. The summed E-state index contributed by atoms with van der Waals surface area (Å²) in [7, 11) is 0. The van der Waals surface area contributed by atoms with E-state index in [2.05, 4.69) is 34.3 Å². The lowest BCUT2D eigenvalue weighted by atomic mass is 10.1. The lowest BCUT2D eigenvalue weighted by Crippen LogP contribution is -2.30. The van der Waals surface area contributed by atoms with Crippen LogP contribution in [0.1, 0.15) is 76.7 Å². The van der Waals surface area contributed by atoms with E-state index in [1.165, 1.54) is 12.2 Å². The van der Waals surface area contributed by atoms with Crippen LogP contribution in [0.25, 0.3) is 0 Å². The van der Waals surface area contributed by atoms with Gasteiger partial charge in [-0.1, -0.05) is 39.5 Å². The summed E-state index contributed by atoms with van der Waals surface area (Å²) in [6.45, 7) is 11.5.